The number of rotatable bonds is 7. The molecule has 7 heteroatoms. The molecule has 1 aliphatic carbocycles. The van der Waals surface area contributed by atoms with Gasteiger partial charge >= 0.3 is 0 Å². The molecule has 5 nitrogen and oxygen atoms in total. The molecule has 0 spiro atoms. The van der Waals surface area contributed by atoms with Crippen molar-refractivity contribution in [2.24, 2.45) is 5.73 Å². The molecule has 0 radical (unpaired) electrons. The van der Waals surface area contributed by atoms with Crippen molar-refractivity contribution in [1.29, 1.82) is 0 Å². The SMILES string of the molecule is CSCCNS(=O)(=O)c1cc(CN)n(C2CC2)c1. The first-order valence-electron chi connectivity index (χ1n) is 5.98. The third-order valence-electron chi connectivity index (χ3n) is 2.96. The smallest absolute Gasteiger partial charge is 0.242 e. The largest absolute Gasteiger partial charge is 0.346 e. The molecule has 0 bridgehead atoms. The fourth-order valence-corrected chi connectivity index (χ4v) is 3.38. The fourth-order valence-electron chi connectivity index (χ4n) is 1.86. The van der Waals surface area contributed by atoms with Crippen LogP contribution in [0.4, 0.5) is 0 Å². The Morgan fingerprint density at radius 2 is 2.28 bits per heavy atom. The molecular weight excluding hydrogens is 270 g/mol. The monoisotopic (exact) mass is 289 g/mol. The van der Waals surface area contributed by atoms with Gasteiger partial charge in [0, 0.05) is 36.8 Å². The van der Waals surface area contributed by atoms with E-state index in [1.165, 1.54) is 0 Å². The van der Waals surface area contributed by atoms with Gasteiger partial charge in [0.15, 0.2) is 0 Å². The van der Waals surface area contributed by atoms with E-state index in [1.54, 1.807) is 24.0 Å². The molecule has 0 atom stereocenters. The maximum Gasteiger partial charge on any atom is 0.242 e. The molecule has 0 amide bonds. The molecule has 1 aliphatic rings. The van der Waals surface area contributed by atoms with Gasteiger partial charge in [-0.25, -0.2) is 13.1 Å². The number of hydrogen-bond donors (Lipinski definition) is 2. The van der Waals surface area contributed by atoms with Crippen molar-refractivity contribution in [1.82, 2.24) is 9.29 Å². The molecule has 18 heavy (non-hydrogen) atoms. The summed E-state index contributed by atoms with van der Waals surface area (Å²) in [7, 11) is -3.39. The van der Waals surface area contributed by atoms with Crippen LogP contribution in [0.5, 0.6) is 0 Å². The van der Waals surface area contributed by atoms with Gasteiger partial charge in [0.05, 0.1) is 4.90 Å². The molecule has 2 rings (SSSR count). The van der Waals surface area contributed by atoms with Gasteiger partial charge < -0.3 is 10.3 Å². The van der Waals surface area contributed by atoms with Crippen LogP contribution < -0.4 is 10.5 Å². The van der Waals surface area contributed by atoms with Crippen LogP contribution in [-0.4, -0.2) is 31.5 Å². The Morgan fingerprint density at radius 3 is 2.83 bits per heavy atom. The van der Waals surface area contributed by atoms with Crippen molar-refractivity contribution in [3.05, 3.63) is 18.0 Å². The van der Waals surface area contributed by atoms with E-state index in [-0.39, 0.29) is 0 Å². The lowest BCUT2D eigenvalue weighted by Crippen LogP contribution is -2.25. The summed E-state index contributed by atoms with van der Waals surface area (Å²) in [5.41, 5.74) is 6.55. The molecule has 102 valence electrons. The molecular formula is C11H19N3O2S2. The van der Waals surface area contributed by atoms with Crippen molar-refractivity contribution >= 4 is 21.8 Å². The number of nitrogens with two attached hydrogens (primary N) is 1. The van der Waals surface area contributed by atoms with Crippen LogP contribution in [0.25, 0.3) is 0 Å². The average molecular weight is 289 g/mol. The lowest BCUT2D eigenvalue weighted by atomic mass is 10.4. The second kappa shape index (κ2) is 5.64. The van der Waals surface area contributed by atoms with E-state index in [9.17, 15) is 8.42 Å². The van der Waals surface area contributed by atoms with E-state index in [4.69, 9.17) is 5.73 Å². The predicted molar refractivity (Wildman–Crippen MR) is 74.2 cm³/mol. The Labute approximate surface area is 112 Å². The minimum absolute atomic E-state index is 0.330. The van der Waals surface area contributed by atoms with Gasteiger partial charge in [0.25, 0.3) is 0 Å². The van der Waals surface area contributed by atoms with Gasteiger partial charge in [-0.05, 0) is 25.2 Å². The van der Waals surface area contributed by atoms with Gasteiger partial charge in [0.1, 0.15) is 0 Å². The third kappa shape index (κ3) is 3.09. The van der Waals surface area contributed by atoms with E-state index in [0.29, 0.717) is 24.0 Å². The number of nitrogens with one attached hydrogen (secondary N) is 1. The first-order chi connectivity index (χ1) is 8.58. The summed E-state index contributed by atoms with van der Waals surface area (Å²) in [5.74, 6) is 0.770. The van der Waals surface area contributed by atoms with Crippen molar-refractivity contribution in [3.8, 4) is 0 Å². The number of nitrogens with zero attached hydrogens (tertiary/aromatic N) is 1. The number of hydrogen-bond acceptors (Lipinski definition) is 4. The lowest BCUT2D eigenvalue weighted by Gasteiger charge is -2.04. The average Bonchev–Trinajstić information content (AvgIpc) is 3.08. The van der Waals surface area contributed by atoms with E-state index < -0.39 is 10.0 Å². The van der Waals surface area contributed by atoms with Gasteiger partial charge in [-0.3, -0.25) is 0 Å². The first kappa shape index (κ1) is 13.9. The van der Waals surface area contributed by atoms with Crippen LogP contribution in [0.1, 0.15) is 24.6 Å². The minimum Gasteiger partial charge on any atom is -0.346 e. The van der Waals surface area contributed by atoms with Gasteiger partial charge in [-0.2, -0.15) is 11.8 Å². The van der Waals surface area contributed by atoms with Crippen molar-refractivity contribution in [2.45, 2.75) is 30.3 Å². The van der Waals surface area contributed by atoms with Crippen molar-refractivity contribution < 1.29 is 8.42 Å². The summed E-state index contributed by atoms with van der Waals surface area (Å²) >= 11 is 1.61. The molecule has 3 N–H and O–H groups in total. The molecule has 1 heterocycles. The Hall–Kier alpha value is -0.500. The highest BCUT2D eigenvalue weighted by molar-refractivity contribution is 7.98. The Balaban J connectivity index is 2.16. The van der Waals surface area contributed by atoms with Crippen LogP contribution in [0.2, 0.25) is 0 Å². The third-order valence-corrected chi connectivity index (χ3v) is 5.01. The zero-order valence-corrected chi connectivity index (χ0v) is 12.1. The summed E-state index contributed by atoms with van der Waals surface area (Å²) < 4.78 is 28.7. The zero-order valence-electron chi connectivity index (χ0n) is 10.4. The summed E-state index contributed by atoms with van der Waals surface area (Å²) in [4.78, 5) is 0.330. The van der Waals surface area contributed by atoms with Crippen molar-refractivity contribution in [2.75, 3.05) is 18.6 Å². The van der Waals surface area contributed by atoms with Crippen LogP contribution >= 0.6 is 11.8 Å². The zero-order chi connectivity index (χ0) is 13.2. The highest BCUT2D eigenvalue weighted by Gasteiger charge is 2.27. The number of sulfonamides is 1. The van der Waals surface area contributed by atoms with Crippen LogP contribution in [0.3, 0.4) is 0 Å². The number of aromatic nitrogens is 1. The minimum atomic E-state index is -3.39. The Bertz CT molecular complexity index is 506. The summed E-state index contributed by atoms with van der Waals surface area (Å²) in [6.07, 6.45) is 5.88. The quantitative estimate of drug-likeness (QED) is 0.732. The van der Waals surface area contributed by atoms with E-state index in [0.717, 1.165) is 24.3 Å². The van der Waals surface area contributed by atoms with Gasteiger partial charge in [0.2, 0.25) is 10.0 Å². The lowest BCUT2D eigenvalue weighted by molar-refractivity contribution is 0.583. The summed E-state index contributed by atoms with van der Waals surface area (Å²) in [6, 6.07) is 2.12. The van der Waals surface area contributed by atoms with E-state index in [2.05, 4.69) is 4.72 Å². The Kier molecular flexibility index (Phi) is 4.37. The highest BCUT2D eigenvalue weighted by atomic mass is 32.2. The standard InChI is InChI=1S/C11H19N3O2S2/c1-17-5-4-13-18(15,16)11-6-10(7-12)14(8-11)9-2-3-9/h6,8-9,13H,2-5,7,12H2,1H3. The molecule has 1 aromatic rings. The van der Waals surface area contributed by atoms with E-state index in [1.807, 2.05) is 10.8 Å². The maximum absolute atomic E-state index is 12.1. The summed E-state index contributed by atoms with van der Waals surface area (Å²) in [5, 5.41) is 0. The van der Waals surface area contributed by atoms with Crippen LogP contribution in [-0.2, 0) is 16.6 Å². The molecule has 1 aromatic heterocycles. The second-order valence-corrected chi connectivity index (χ2v) is 7.15. The number of thioether (sulfide) groups is 1. The van der Waals surface area contributed by atoms with E-state index >= 15 is 0 Å². The van der Waals surface area contributed by atoms with Gasteiger partial charge in [-0.15, -0.1) is 0 Å². The molecule has 0 unspecified atom stereocenters. The van der Waals surface area contributed by atoms with Crippen LogP contribution in [0.15, 0.2) is 17.2 Å². The fraction of sp³-hybridized carbons (Fsp3) is 0.636. The molecule has 0 saturated heterocycles. The molecule has 0 aromatic carbocycles. The topological polar surface area (TPSA) is 77.1 Å². The highest BCUT2D eigenvalue weighted by Crippen LogP contribution is 2.37. The Morgan fingerprint density at radius 1 is 1.56 bits per heavy atom. The second-order valence-electron chi connectivity index (χ2n) is 4.40. The van der Waals surface area contributed by atoms with Gasteiger partial charge in [-0.1, -0.05) is 0 Å². The molecule has 1 fully saturated rings. The van der Waals surface area contributed by atoms with Crippen molar-refractivity contribution in [3.63, 3.8) is 0 Å². The van der Waals surface area contributed by atoms with Crippen LogP contribution in [0, 0.1) is 0 Å². The first-order valence-corrected chi connectivity index (χ1v) is 8.85. The molecule has 0 aliphatic heterocycles. The maximum atomic E-state index is 12.1. The normalized spacial score (nSPS) is 16.1. The molecule has 1 saturated carbocycles. The predicted octanol–water partition coefficient (Wildman–Crippen LogP) is 0.923. The summed E-state index contributed by atoms with van der Waals surface area (Å²) in [6.45, 7) is 0.826.